The Balaban J connectivity index is 0.870. The van der Waals surface area contributed by atoms with E-state index in [9.17, 15) is 38.4 Å². The first kappa shape index (κ1) is 47.2. The van der Waals surface area contributed by atoms with Crippen LogP contribution in [0.2, 0.25) is 0 Å². The van der Waals surface area contributed by atoms with Crippen LogP contribution in [-0.2, 0) is 30.9 Å². The van der Waals surface area contributed by atoms with Crippen LogP contribution in [0.3, 0.4) is 0 Å². The van der Waals surface area contributed by atoms with Gasteiger partial charge in [-0.1, -0.05) is 18.2 Å². The topological polar surface area (TPSA) is 263 Å². The molecule has 0 spiro atoms. The number of aryl methyl sites for hydroxylation is 1. The van der Waals surface area contributed by atoms with Gasteiger partial charge in [0.2, 0.25) is 17.7 Å². The van der Waals surface area contributed by atoms with Gasteiger partial charge in [0.25, 0.3) is 17.7 Å². The third-order valence-electron chi connectivity index (χ3n) is 13.5. The number of carbonyl (C=O) groups excluding carboxylic acids is 7. The Hall–Kier alpha value is -8.53. The van der Waals surface area contributed by atoms with Crippen molar-refractivity contribution in [2.75, 3.05) is 32.2 Å². The van der Waals surface area contributed by atoms with Gasteiger partial charge in [0.15, 0.2) is 0 Å². The van der Waals surface area contributed by atoms with E-state index in [1.165, 1.54) is 37.4 Å². The molecule has 7 aromatic rings. The van der Waals surface area contributed by atoms with Crippen LogP contribution >= 0.6 is 0 Å². The number of hydrogen-bond acceptors (Lipinski definition) is 12. The van der Waals surface area contributed by atoms with Gasteiger partial charge in [0.05, 0.1) is 76.1 Å². The minimum absolute atomic E-state index is 0.00964. The zero-order valence-corrected chi connectivity index (χ0v) is 39.5. The first-order chi connectivity index (χ1) is 34.6. The number of nitrogens with zero attached hydrogens (tertiary/aromatic N) is 6. The summed E-state index contributed by atoms with van der Waals surface area (Å²) in [4.78, 5) is 112. The quantitative estimate of drug-likeness (QED) is 0.0767. The van der Waals surface area contributed by atoms with Crippen LogP contribution in [0.4, 0.5) is 14.9 Å². The second-order valence-electron chi connectivity index (χ2n) is 18.3. The lowest BCUT2D eigenvalue weighted by Crippen LogP contribution is -2.54. The molecule has 3 aromatic carbocycles. The molecule has 0 bridgehead atoms. The largest absolute Gasteiger partial charge is 0.453 e. The average molecular weight is 982 g/mol. The maximum atomic E-state index is 16.2. The molecule has 72 heavy (non-hydrogen) atoms. The summed E-state index contributed by atoms with van der Waals surface area (Å²) in [6, 6.07) is 12.8. The van der Waals surface area contributed by atoms with Crippen molar-refractivity contribution in [1.82, 2.24) is 49.7 Å². The molecule has 10 rings (SSSR count). The number of ether oxygens (including phenoxy) is 2. The summed E-state index contributed by atoms with van der Waals surface area (Å²) in [7, 11) is 2.99. The zero-order valence-electron chi connectivity index (χ0n) is 39.5. The maximum absolute atomic E-state index is 16.2. The maximum Gasteiger partial charge on any atom is 0.407 e. The van der Waals surface area contributed by atoms with Crippen molar-refractivity contribution in [1.29, 1.82) is 0 Å². The van der Waals surface area contributed by atoms with Gasteiger partial charge in [-0.2, -0.15) is 5.10 Å². The van der Waals surface area contributed by atoms with E-state index in [0.29, 0.717) is 58.2 Å². The Morgan fingerprint density at radius 1 is 0.931 bits per heavy atom. The van der Waals surface area contributed by atoms with Crippen molar-refractivity contribution in [2.45, 2.75) is 70.1 Å². The summed E-state index contributed by atoms with van der Waals surface area (Å²) in [6.45, 7) is 3.31. The SMILES string of the molecule is COC(=O)N[C@@H]1CC[C@@H](n2c(=O)n(C)c3cnc4[nH]c(-c5ccc(C(=O)NCCOCC(=O)Nc6cccc7c6C(=O)N(C6CCC(=O)NC6=O)C7=O)c(F)c5)c(-c5ccc6c(cnn6C(C)C)c5)c4c32)C1. The van der Waals surface area contributed by atoms with Gasteiger partial charge in [-0.05, 0) is 81.5 Å². The highest BCUT2D eigenvalue weighted by atomic mass is 19.1. The number of rotatable bonds is 13. The second kappa shape index (κ2) is 18.7. The Bertz CT molecular complexity index is 3520. The number of aromatic amines is 1. The number of piperidine rings is 1. The summed E-state index contributed by atoms with van der Waals surface area (Å²) < 4.78 is 31.8. The third kappa shape index (κ3) is 8.21. The number of carbonyl (C=O) groups is 7. The molecule has 7 amide bonds. The molecule has 1 aliphatic carbocycles. The van der Waals surface area contributed by atoms with E-state index in [1.807, 2.05) is 36.7 Å². The van der Waals surface area contributed by atoms with Gasteiger partial charge in [0, 0.05) is 54.7 Å². The highest BCUT2D eigenvalue weighted by Gasteiger charge is 2.46. The van der Waals surface area contributed by atoms with Crippen molar-refractivity contribution < 1.29 is 47.4 Å². The number of H-pyrrole nitrogens is 1. The fourth-order valence-electron chi connectivity index (χ4n) is 10.1. The molecule has 1 saturated carbocycles. The molecule has 3 aliphatic rings. The lowest BCUT2D eigenvalue weighted by Gasteiger charge is -2.27. The van der Waals surface area contributed by atoms with Gasteiger partial charge in [-0.25, -0.2) is 19.0 Å². The van der Waals surface area contributed by atoms with Crippen LogP contribution in [0.1, 0.15) is 89.1 Å². The Kier molecular flexibility index (Phi) is 12.2. The van der Waals surface area contributed by atoms with E-state index < -0.39 is 60.0 Å². The van der Waals surface area contributed by atoms with Crippen LogP contribution < -0.4 is 27.0 Å². The number of aromatic nitrogens is 6. The van der Waals surface area contributed by atoms with Crippen molar-refractivity contribution in [2.24, 2.45) is 7.05 Å². The summed E-state index contributed by atoms with van der Waals surface area (Å²) >= 11 is 0. The van der Waals surface area contributed by atoms with E-state index >= 15 is 4.39 Å². The molecule has 5 N–H and O–H groups in total. The molecule has 22 heteroatoms. The minimum Gasteiger partial charge on any atom is -0.453 e. The zero-order chi connectivity index (χ0) is 50.7. The van der Waals surface area contributed by atoms with Crippen molar-refractivity contribution in [3.8, 4) is 22.4 Å². The monoisotopic (exact) mass is 981 g/mol. The van der Waals surface area contributed by atoms with Crippen LogP contribution in [0.25, 0.3) is 55.4 Å². The lowest BCUT2D eigenvalue weighted by atomic mass is 9.96. The molecule has 370 valence electrons. The molecule has 4 aromatic heterocycles. The number of methoxy groups -OCH3 is 1. The van der Waals surface area contributed by atoms with E-state index in [4.69, 9.17) is 14.5 Å². The smallest absolute Gasteiger partial charge is 0.407 e. The molecule has 1 unspecified atom stereocenters. The van der Waals surface area contributed by atoms with Gasteiger partial charge in [-0.15, -0.1) is 0 Å². The first-order valence-corrected chi connectivity index (χ1v) is 23.4. The van der Waals surface area contributed by atoms with Crippen LogP contribution in [0.5, 0.6) is 0 Å². The summed E-state index contributed by atoms with van der Waals surface area (Å²) in [5.74, 6) is -5.03. The van der Waals surface area contributed by atoms with Crippen molar-refractivity contribution in [3.63, 3.8) is 0 Å². The minimum atomic E-state index is -1.18. The molecule has 2 fully saturated rings. The highest BCUT2D eigenvalue weighted by molar-refractivity contribution is 6.26. The molecule has 3 atom stereocenters. The molecule has 2 aliphatic heterocycles. The number of alkyl carbamates (subject to hydrolysis) is 1. The predicted molar refractivity (Wildman–Crippen MR) is 258 cm³/mol. The Morgan fingerprint density at radius 2 is 1.74 bits per heavy atom. The number of halogens is 1. The summed E-state index contributed by atoms with van der Waals surface area (Å²) in [6.07, 6.45) is 4.51. The first-order valence-electron chi connectivity index (χ1n) is 23.4. The van der Waals surface area contributed by atoms with Crippen LogP contribution in [0, 0.1) is 5.82 Å². The average Bonchev–Trinajstić information content (AvgIpc) is 4.18. The molecule has 21 nitrogen and oxygen atoms in total. The van der Waals surface area contributed by atoms with Crippen LogP contribution in [0.15, 0.2) is 71.8 Å². The molecular weight excluding hydrogens is 934 g/mol. The van der Waals surface area contributed by atoms with E-state index in [-0.39, 0.29) is 72.2 Å². The number of imidazole rings is 1. The number of imide groups is 2. The standard InChI is InChI=1S/C50H48FN11O10/c1-24(2)62-34-13-9-25(18-27(34)21-54-62)39-41-43-36(59(3)50(70)60(43)29-11-10-28(20-29)55-49(69)71-4)22-53-44(41)58-42(39)26-8-12-30(32(51)19-26)45(65)52-16-17-72-23-38(64)56-33-7-5-6-31-40(33)48(68)61(47(31)67)35-14-15-37(63)57-46(35)66/h5-9,12-13,18-19,21-22,24,28-29,35H,10-11,14-17,20,23H2,1-4H3,(H,52,65)(H,53,58)(H,55,69)(H,56,64)(H,57,63,66)/t28-,29-,35?/m1/s1. The number of fused-ring (bicyclic) bond motifs is 5. The predicted octanol–water partition coefficient (Wildman–Crippen LogP) is 4.86. The lowest BCUT2D eigenvalue weighted by molar-refractivity contribution is -0.136. The van der Waals surface area contributed by atoms with E-state index in [1.54, 1.807) is 34.6 Å². The third-order valence-corrected chi connectivity index (χ3v) is 13.5. The van der Waals surface area contributed by atoms with Gasteiger partial charge in [-0.3, -0.25) is 52.8 Å². The highest BCUT2D eigenvalue weighted by Crippen LogP contribution is 2.44. The van der Waals surface area contributed by atoms with Gasteiger partial charge in [0.1, 0.15) is 24.1 Å². The molecule has 6 heterocycles. The second-order valence-corrected chi connectivity index (χ2v) is 18.3. The van der Waals surface area contributed by atoms with E-state index in [0.717, 1.165) is 21.4 Å². The summed E-state index contributed by atoms with van der Waals surface area (Å²) in [5.41, 5.74) is 4.22. The normalized spacial score (nSPS) is 17.9. The van der Waals surface area contributed by atoms with Crippen molar-refractivity contribution in [3.05, 3.63) is 100.0 Å². The van der Waals surface area contributed by atoms with E-state index in [2.05, 4.69) is 31.3 Å². The number of amides is 7. The molecular formula is C50H48FN11O10. The Morgan fingerprint density at radius 3 is 2.50 bits per heavy atom. The number of benzene rings is 3. The Labute approximate surface area is 408 Å². The number of nitrogens with one attached hydrogen (secondary N) is 5. The fourth-order valence-corrected chi connectivity index (χ4v) is 10.1. The molecule has 1 saturated heterocycles. The summed E-state index contributed by atoms with van der Waals surface area (Å²) in [5, 5.41) is 16.3. The fraction of sp³-hybridized carbons (Fsp3) is 0.320. The van der Waals surface area contributed by atoms with Gasteiger partial charge < -0.3 is 30.4 Å². The number of hydrogen-bond donors (Lipinski definition) is 5. The molecule has 0 radical (unpaired) electrons. The van der Waals surface area contributed by atoms with Crippen molar-refractivity contribution >= 4 is 80.2 Å². The number of pyridine rings is 1. The number of anilines is 1. The van der Waals surface area contributed by atoms with Gasteiger partial charge >= 0.3 is 11.8 Å². The van der Waals surface area contributed by atoms with Crippen LogP contribution in [-0.4, -0.2) is 114 Å².